The van der Waals surface area contributed by atoms with Crippen LogP contribution in [0.25, 0.3) is 0 Å². The van der Waals surface area contributed by atoms with E-state index in [1.165, 1.54) is 7.11 Å². The van der Waals surface area contributed by atoms with E-state index in [2.05, 4.69) is 4.74 Å². The second-order valence-corrected chi connectivity index (χ2v) is 2.79. The number of esters is 1. The maximum Gasteiger partial charge on any atom is 0.308 e. The van der Waals surface area contributed by atoms with Gasteiger partial charge in [0.05, 0.1) is 13.0 Å². The molecule has 0 saturated carbocycles. The molecular weight excluding hydrogens is 168 g/mol. The molecule has 3 heteroatoms. The second-order valence-electron chi connectivity index (χ2n) is 2.79. The first-order valence-electron chi connectivity index (χ1n) is 4.65. The van der Waals surface area contributed by atoms with Gasteiger partial charge in [-0.3, -0.25) is 4.79 Å². The number of carbonyl (C=O) groups is 2. The van der Waals surface area contributed by atoms with E-state index < -0.39 is 0 Å². The van der Waals surface area contributed by atoms with Crippen molar-refractivity contribution in [1.82, 2.24) is 0 Å². The van der Waals surface area contributed by atoms with Crippen LogP contribution in [0.3, 0.4) is 0 Å². The molecule has 0 rings (SSSR count). The van der Waals surface area contributed by atoms with E-state index in [0.717, 1.165) is 19.1 Å². The summed E-state index contributed by atoms with van der Waals surface area (Å²) in [6.07, 6.45) is 3.47. The lowest BCUT2D eigenvalue weighted by molar-refractivity contribution is -0.144. The monoisotopic (exact) mass is 188 g/mol. The molecule has 0 aliphatic rings. The second kappa shape index (κ2) is 11.1. The van der Waals surface area contributed by atoms with Crippen LogP contribution in [0.1, 0.15) is 40.0 Å². The third-order valence-corrected chi connectivity index (χ3v) is 1.62. The average molecular weight is 188 g/mol. The quantitative estimate of drug-likeness (QED) is 0.501. The summed E-state index contributed by atoms with van der Waals surface area (Å²) < 4.78 is 4.46. The Bertz CT molecular complexity index is 132. The largest absolute Gasteiger partial charge is 0.469 e. The summed E-state index contributed by atoms with van der Waals surface area (Å²) in [6, 6.07) is 0. The number of aldehydes is 1. The van der Waals surface area contributed by atoms with Crippen molar-refractivity contribution >= 4 is 12.3 Å². The van der Waals surface area contributed by atoms with Crippen LogP contribution in [-0.2, 0) is 14.3 Å². The molecule has 0 heterocycles. The molecule has 13 heavy (non-hydrogen) atoms. The third-order valence-electron chi connectivity index (χ3n) is 1.62. The zero-order valence-electron chi connectivity index (χ0n) is 9.00. The SMILES string of the molecule is CCC(C)C(=O)OC.CCCC=O. The van der Waals surface area contributed by atoms with Gasteiger partial charge in [0.15, 0.2) is 0 Å². The maximum atomic E-state index is 10.5. The fourth-order valence-corrected chi connectivity index (χ4v) is 0.486. The number of unbranched alkanes of at least 4 members (excludes halogenated alkanes) is 1. The molecule has 0 spiro atoms. The van der Waals surface area contributed by atoms with Crippen molar-refractivity contribution in [2.75, 3.05) is 7.11 Å². The summed E-state index contributed by atoms with van der Waals surface area (Å²) >= 11 is 0. The maximum absolute atomic E-state index is 10.5. The van der Waals surface area contributed by atoms with E-state index in [9.17, 15) is 9.59 Å². The van der Waals surface area contributed by atoms with Crippen LogP contribution in [0.15, 0.2) is 0 Å². The van der Waals surface area contributed by atoms with Crippen molar-refractivity contribution in [3.05, 3.63) is 0 Å². The Morgan fingerprint density at radius 3 is 2.08 bits per heavy atom. The number of carbonyl (C=O) groups excluding carboxylic acids is 2. The highest BCUT2D eigenvalue weighted by atomic mass is 16.5. The van der Waals surface area contributed by atoms with Crippen LogP contribution in [0.5, 0.6) is 0 Å². The minimum Gasteiger partial charge on any atom is -0.469 e. The highest BCUT2D eigenvalue weighted by Crippen LogP contribution is 2.00. The van der Waals surface area contributed by atoms with Crippen molar-refractivity contribution in [2.45, 2.75) is 40.0 Å². The predicted molar refractivity (Wildman–Crippen MR) is 52.4 cm³/mol. The normalized spacial score (nSPS) is 10.8. The van der Waals surface area contributed by atoms with Gasteiger partial charge in [-0.25, -0.2) is 0 Å². The highest BCUT2D eigenvalue weighted by molar-refractivity contribution is 5.71. The number of hydrogen-bond donors (Lipinski definition) is 0. The van der Waals surface area contributed by atoms with Gasteiger partial charge in [0.25, 0.3) is 0 Å². The molecule has 0 radical (unpaired) electrons. The first kappa shape index (κ1) is 14.7. The van der Waals surface area contributed by atoms with E-state index in [1.54, 1.807) is 0 Å². The third kappa shape index (κ3) is 11.1. The summed E-state index contributed by atoms with van der Waals surface area (Å²) in [7, 11) is 1.41. The highest BCUT2D eigenvalue weighted by Gasteiger charge is 2.08. The molecule has 0 aliphatic heterocycles. The molecule has 1 atom stereocenters. The number of ether oxygens (including phenoxy) is 1. The fourth-order valence-electron chi connectivity index (χ4n) is 0.486. The lowest BCUT2D eigenvalue weighted by Crippen LogP contribution is -2.10. The summed E-state index contributed by atoms with van der Waals surface area (Å²) in [6.45, 7) is 5.79. The Morgan fingerprint density at radius 1 is 1.46 bits per heavy atom. The van der Waals surface area contributed by atoms with Crippen molar-refractivity contribution in [2.24, 2.45) is 5.92 Å². The molecule has 1 unspecified atom stereocenters. The molecule has 0 fully saturated rings. The minimum absolute atomic E-state index is 0.0556. The Kier molecular flexibility index (Phi) is 12.6. The number of rotatable bonds is 4. The summed E-state index contributed by atoms with van der Waals surface area (Å²) in [5.41, 5.74) is 0. The van der Waals surface area contributed by atoms with E-state index in [-0.39, 0.29) is 11.9 Å². The van der Waals surface area contributed by atoms with Gasteiger partial charge in [-0.1, -0.05) is 20.8 Å². The Labute approximate surface area is 80.5 Å². The zero-order valence-corrected chi connectivity index (χ0v) is 9.00. The van der Waals surface area contributed by atoms with Gasteiger partial charge in [-0.05, 0) is 12.8 Å². The van der Waals surface area contributed by atoms with Gasteiger partial charge in [0.1, 0.15) is 6.29 Å². The Morgan fingerprint density at radius 2 is 2.00 bits per heavy atom. The Balaban J connectivity index is 0. The lowest BCUT2D eigenvalue weighted by atomic mass is 10.1. The first-order chi connectivity index (χ1) is 6.13. The first-order valence-corrected chi connectivity index (χ1v) is 4.65. The average Bonchev–Trinajstić information content (AvgIpc) is 2.17. The fraction of sp³-hybridized carbons (Fsp3) is 0.800. The van der Waals surface area contributed by atoms with Crippen molar-refractivity contribution in [3.8, 4) is 0 Å². The minimum atomic E-state index is -0.118. The van der Waals surface area contributed by atoms with E-state index in [0.29, 0.717) is 6.42 Å². The lowest BCUT2D eigenvalue weighted by Gasteiger charge is -2.02. The van der Waals surface area contributed by atoms with Crippen molar-refractivity contribution in [3.63, 3.8) is 0 Å². The van der Waals surface area contributed by atoms with E-state index in [1.807, 2.05) is 20.8 Å². The molecule has 0 aromatic rings. The Hall–Kier alpha value is -0.860. The molecule has 0 bridgehead atoms. The number of hydrogen-bond acceptors (Lipinski definition) is 3. The van der Waals surface area contributed by atoms with Gasteiger partial charge in [0, 0.05) is 6.42 Å². The molecule has 3 nitrogen and oxygen atoms in total. The van der Waals surface area contributed by atoms with Crippen LogP contribution < -0.4 is 0 Å². The molecule has 78 valence electrons. The van der Waals surface area contributed by atoms with Crippen LogP contribution in [0.4, 0.5) is 0 Å². The molecule has 0 N–H and O–H groups in total. The molecular formula is C10H20O3. The summed E-state index contributed by atoms with van der Waals surface area (Å²) in [5.74, 6) is -0.0625. The molecule has 0 aromatic heterocycles. The smallest absolute Gasteiger partial charge is 0.308 e. The molecule has 0 aromatic carbocycles. The molecule has 0 amide bonds. The van der Waals surface area contributed by atoms with Crippen LogP contribution in [-0.4, -0.2) is 19.4 Å². The van der Waals surface area contributed by atoms with Gasteiger partial charge < -0.3 is 9.53 Å². The standard InChI is InChI=1S/C6H12O2.C4H8O/c1-4-5(2)6(7)8-3;1-2-3-4-5/h5H,4H2,1-3H3;4H,2-3H2,1H3. The molecule has 0 aliphatic carbocycles. The summed E-state index contributed by atoms with van der Waals surface area (Å²) in [5, 5.41) is 0. The number of methoxy groups -OCH3 is 1. The summed E-state index contributed by atoms with van der Waals surface area (Å²) in [4.78, 5) is 19.9. The van der Waals surface area contributed by atoms with Crippen molar-refractivity contribution < 1.29 is 14.3 Å². The van der Waals surface area contributed by atoms with Crippen LogP contribution in [0.2, 0.25) is 0 Å². The van der Waals surface area contributed by atoms with Crippen LogP contribution in [0, 0.1) is 5.92 Å². The van der Waals surface area contributed by atoms with Gasteiger partial charge >= 0.3 is 5.97 Å². The predicted octanol–water partition coefficient (Wildman–Crippen LogP) is 2.19. The molecule has 0 saturated heterocycles. The van der Waals surface area contributed by atoms with E-state index >= 15 is 0 Å². The van der Waals surface area contributed by atoms with Gasteiger partial charge in [-0.2, -0.15) is 0 Å². The van der Waals surface area contributed by atoms with Gasteiger partial charge in [0.2, 0.25) is 0 Å². The van der Waals surface area contributed by atoms with Gasteiger partial charge in [-0.15, -0.1) is 0 Å². The topological polar surface area (TPSA) is 43.4 Å². The van der Waals surface area contributed by atoms with Crippen molar-refractivity contribution in [1.29, 1.82) is 0 Å². The van der Waals surface area contributed by atoms with E-state index in [4.69, 9.17) is 0 Å². The zero-order chi connectivity index (χ0) is 10.7. The van der Waals surface area contributed by atoms with Crippen LogP contribution >= 0.6 is 0 Å².